The minimum absolute atomic E-state index is 0.134. The van der Waals surface area contributed by atoms with Gasteiger partial charge in [0.1, 0.15) is 5.82 Å². The third-order valence-corrected chi connectivity index (χ3v) is 4.89. The van der Waals surface area contributed by atoms with Crippen LogP contribution in [0.4, 0.5) is 5.82 Å². The Morgan fingerprint density at radius 3 is 2.79 bits per heavy atom. The number of benzene rings is 1. The lowest BCUT2D eigenvalue weighted by atomic mass is 10.0. The Balaban J connectivity index is 1.48. The zero-order chi connectivity index (χ0) is 16.4. The van der Waals surface area contributed by atoms with Gasteiger partial charge in [-0.1, -0.05) is 30.3 Å². The Labute approximate surface area is 142 Å². The van der Waals surface area contributed by atoms with E-state index in [4.69, 9.17) is 0 Å². The highest BCUT2D eigenvalue weighted by Crippen LogP contribution is 2.26. The van der Waals surface area contributed by atoms with Gasteiger partial charge >= 0.3 is 0 Å². The second-order valence-electron chi connectivity index (χ2n) is 6.83. The molecule has 4 heteroatoms. The molecule has 1 amide bonds. The number of amides is 1. The maximum atomic E-state index is 13.0. The molecule has 1 aliphatic heterocycles. The molecule has 1 saturated heterocycles. The van der Waals surface area contributed by atoms with Crippen LogP contribution in [0, 0.1) is 0 Å². The van der Waals surface area contributed by atoms with Crippen LogP contribution in [-0.2, 0) is 6.42 Å². The van der Waals surface area contributed by atoms with Gasteiger partial charge in [-0.2, -0.15) is 0 Å². The van der Waals surface area contributed by atoms with Crippen LogP contribution in [0.2, 0.25) is 0 Å². The smallest absolute Gasteiger partial charge is 0.254 e. The van der Waals surface area contributed by atoms with Crippen LogP contribution in [0.15, 0.2) is 48.7 Å². The van der Waals surface area contributed by atoms with E-state index in [0.717, 1.165) is 37.2 Å². The summed E-state index contributed by atoms with van der Waals surface area (Å²) in [5.74, 6) is 0.955. The molecule has 1 saturated carbocycles. The highest BCUT2D eigenvalue weighted by Gasteiger charge is 2.30. The number of anilines is 1. The van der Waals surface area contributed by atoms with Crippen LogP contribution < -0.4 is 5.32 Å². The molecular weight excluding hydrogens is 298 g/mol. The largest absolute Gasteiger partial charge is 0.367 e. The summed E-state index contributed by atoms with van der Waals surface area (Å²) < 4.78 is 0. The van der Waals surface area contributed by atoms with Gasteiger partial charge in [-0.3, -0.25) is 4.79 Å². The van der Waals surface area contributed by atoms with Crippen LogP contribution in [0.5, 0.6) is 0 Å². The van der Waals surface area contributed by atoms with E-state index in [0.29, 0.717) is 12.1 Å². The van der Waals surface area contributed by atoms with Crippen molar-refractivity contribution in [2.75, 3.05) is 11.9 Å². The lowest BCUT2D eigenvalue weighted by Gasteiger charge is -2.25. The molecule has 0 bridgehead atoms. The minimum atomic E-state index is 0.134. The van der Waals surface area contributed by atoms with Crippen molar-refractivity contribution in [2.24, 2.45) is 0 Å². The number of hydrogen-bond donors (Lipinski definition) is 1. The number of likely N-dealkylation sites (tertiary alicyclic amines) is 1. The lowest BCUT2D eigenvalue weighted by Crippen LogP contribution is -2.36. The highest BCUT2D eigenvalue weighted by molar-refractivity contribution is 5.95. The summed E-state index contributed by atoms with van der Waals surface area (Å²) in [4.78, 5) is 19.3. The number of nitrogens with one attached hydrogen (secondary N) is 1. The second kappa shape index (κ2) is 6.63. The quantitative estimate of drug-likeness (QED) is 0.917. The van der Waals surface area contributed by atoms with Crippen molar-refractivity contribution < 1.29 is 4.79 Å². The standard InChI is InChI=1S/C20H23N3O/c24-20(16-10-11-21-19(14-16)22-17-8-9-17)23-12-4-7-18(23)13-15-5-2-1-3-6-15/h1-3,5-6,10-11,14,17-18H,4,7-9,12-13H2,(H,21,22). The molecule has 4 rings (SSSR count). The molecule has 1 aliphatic carbocycles. The molecule has 1 aromatic heterocycles. The lowest BCUT2D eigenvalue weighted by molar-refractivity contribution is 0.0736. The summed E-state index contributed by atoms with van der Waals surface area (Å²) in [6, 6.07) is 15.0. The van der Waals surface area contributed by atoms with Crippen LogP contribution in [0.25, 0.3) is 0 Å². The third-order valence-electron chi connectivity index (χ3n) is 4.89. The topological polar surface area (TPSA) is 45.2 Å². The minimum Gasteiger partial charge on any atom is -0.367 e. The first-order chi connectivity index (χ1) is 11.8. The summed E-state index contributed by atoms with van der Waals surface area (Å²) in [7, 11) is 0. The van der Waals surface area contributed by atoms with Crippen LogP contribution in [0.3, 0.4) is 0 Å². The first-order valence-corrected chi connectivity index (χ1v) is 8.87. The zero-order valence-corrected chi connectivity index (χ0v) is 13.8. The zero-order valence-electron chi connectivity index (χ0n) is 13.8. The van der Waals surface area contributed by atoms with E-state index >= 15 is 0 Å². The number of carbonyl (C=O) groups is 1. The molecule has 24 heavy (non-hydrogen) atoms. The average Bonchev–Trinajstić information content (AvgIpc) is 3.31. The highest BCUT2D eigenvalue weighted by atomic mass is 16.2. The number of carbonyl (C=O) groups excluding carboxylic acids is 1. The van der Waals surface area contributed by atoms with Gasteiger partial charge in [0.15, 0.2) is 0 Å². The summed E-state index contributed by atoms with van der Waals surface area (Å²) >= 11 is 0. The maximum Gasteiger partial charge on any atom is 0.254 e. The Bertz CT molecular complexity index is 712. The fourth-order valence-corrected chi connectivity index (χ4v) is 3.45. The Morgan fingerprint density at radius 1 is 1.17 bits per heavy atom. The Morgan fingerprint density at radius 2 is 2.00 bits per heavy atom. The van der Waals surface area contributed by atoms with Crippen molar-refractivity contribution in [3.63, 3.8) is 0 Å². The molecule has 2 fully saturated rings. The van der Waals surface area contributed by atoms with Gasteiger partial charge in [0.2, 0.25) is 0 Å². The summed E-state index contributed by atoms with van der Waals surface area (Å²) in [5, 5.41) is 3.37. The molecule has 0 spiro atoms. The maximum absolute atomic E-state index is 13.0. The van der Waals surface area contributed by atoms with Crippen molar-refractivity contribution in [1.82, 2.24) is 9.88 Å². The molecule has 4 nitrogen and oxygen atoms in total. The van der Waals surface area contributed by atoms with Gasteiger partial charge in [-0.15, -0.1) is 0 Å². The van der Waals surface area contributed by atoms with E-state index in [1.165, 1.54) is 18.4 Å². The van der Waals surface area contributed by atoms with Gasteiger partial charge in [0.25, 0.3) is 5.91 Å². The molecule has 1 N–H and O–H groups in total. The number of nitrogens with zero attached hydrogens (tertiary/aromatic N) is 2. The van der Waals surface area contributed by atoms with E-state index < -0.39 is 0 Å². The third kappa shape index (κ3) is 3.42. The summed E-state index contributed by atoms with van der Waals surface area (Å²) in [6.07, 6.45) is 7.24. The fourth-order valence-electron chi connectivity index (χ4n) is 3.45. The van der Waals surface area contributed by atoms with Crippen molar-refractivity contribution in [1.29, 1.82) is 0 Å². The summed E-state index contributed by atoms with van der Waals surface area (Å²) in [5.41, 5.74) is 2.04. The van der Waals surface area contributed by atoms with E-state index in [1.54, 1.807) is 6.20 Å². The van der Waals surface area contributed by atoms with Gasteiger partial charge < -0.3 is 10.2 Å². The van der Waals surface area contributed by atoms with Gasteiger partial charge in [0.05, 0.1) is 0 Å². The van der Waals surface area contributed by atoms with E-state index in [1.807, 2.05) is 23.1 Å². The normalized spacial score (nSPS) is 20.2. The van der Waals surface area contributed by atoms with Crippen LogP contribution in [0.1, 0.15) is 41.6 Å². The molecular formula is C20H23N3O. The number of aromatic nitrogens is 1. The average molecular weight is 321 g/mol. The fraction of sp³-hybridized carbons (Fsp3) is 0.400. The number of pyridine rings is 1. The molecule has 2 aromatic rings. The second-order valence-corrected chi connectivity index (χ2v) is 6.83. The molecule has 1 atom stereocenters. The Hall–Kier alpha value is -2.36. The molecule has 2 heterocycles. The monoisotopic (exact) mass is 321 g/mol. The van der Waals surface area contributed by atoms with Gasteiger partial charge in [-0.05, 0) is 49.8 Å². The van der Waals surface area contributed by atoms with Gasteiger partial charge in [-0.25, -0.2) is 4.98 Å². The molecule has 2 aliphatic rings. The molecule has 1 aromatic carbocycles. The molecule has 124 valence electrons. The van der Waals surface area contributed by atoms with Gasteiger partial charge in [0, 0.05) is 30.4 Å². The van der Waals surface area contributed by atoms with E-state index in [2.05, 4.69) is 34.6 Å². The number of rotatable bonds is 5. The van der Waals surface area contributed by atoms with Crippen LogP contribution in [-0.4, -0.2) is 34.4 Å². The molecule has 0 radical (unpaired) electrons. The predicted octanol–water partition coefficient (Wildman–Crippen LogP) is 3.50. The SMILES string of the molecule is O=C(c1ccnc(NC2CC2)c1)N1CCCC1Cc1ccccc1. The van der Waals surface area contributed by atoms with E-state index in [9.17, 15) is 4.79 Å². The first kappa shape index (κ1) is 15.2. The molecule has 1 unspecified atom stereocenters. The van der Waals surface area contributed by atoms with Crippen molar-refractivity contribution >= 4 is 11.7 Å². The summed E-state index contributed by atoms with van der Waals surface area (Å²) in [6.45, 7) is 0.851. The Kier molecular flexibility index (Phi) is 4.20. The van der Waals surface area contributed by atoms with Crippen molar-refractivity contribution in [3.05, 3.63) is 59.8 Å². The van der Waals surface area contributed by atoms with Crippen molar-refractivity contribution in [3.8, 4) is 0 Å². The predicted molar refractivity (Wildman–Crippen MR) is 95.1 cm³/mol. The first-order valence-electron chi connectivity index (χ1n) is 8.87. The number of hydrogen-bond acceptors (Lipinski definition) is 3. The van der Waals surface area contributed by atoms with Crippen molar-refractivity contribution in [2.45, 2.75) is 44.2 Å². The van der Waals surface area contributed by atoms with E-state index in [-0.39, 0.29) is 5.91 Å². The van der Waals surface area contributed by atoms with Crippen LogP contribution >= 0.6 is 0 Å².